The molecule has 0 saturated carbocycles. The Morgan fingerprint density at radius 2 is 1.93 bits per heavy atom. The molecule has 0 radical (unpaired) electrons. The van der Waals surface area contributed by atoms with Crippen LogP contribution in [0.3, 0.4) is 0 Å². The van der Waals surface area contributed by atoms with Crippen LogP contribution in [0.4, 0.5) is 5.69 Å². The number of nitro benzene ring substituents is 1. The van der Waals surface area contributed by atoms with Crippen LogP contribution in [0.25, 0.3) is 0 Å². The van der Waals surface area contributed by atoms with Crippen molar-refractivity contribution in [1.82, 2.24) is 5.32 Å². The second-order valence-corrected chi connectivity index (χ2v) is 7.87. The van der Waals surface area contributed by atoms with Crippen LogP contribution < -0.4 is 10.1 Å². The maximum absolute atomic E-state index is 13.3. The molecule has 1 spiro atoms. The van der Waals surface area contributed by atoms with Crippen molar-refractivity contribution in [1.29, 1.82) is 0 Å². The summed E-state index contributed by atoms with van der Waals surface area (Å²) in [6.07, 6.45) is 1.42. The molecule has 0 bridgehead atoms. The van der Waals surface area contributed by atoms with E-state index in [2.05, 4.69) is 5.32 Å². The monoisotopic (exact) mass is 416 g/mol. The summed E-state index contributed by atoms with van der Waals surface area (Å²) in [5, 5.41) is 14.8. The molecule has 0 aromatic heterocycles. The van der Waals surface area contributed by atoms with Crippen LogP contribution in [0.5, 0.6) is 5.75 Å². The molecule has 2 aromatic carbocycles. The summed E-state index contributed by atoms with van der Waals surface area (Å²) in [4.78, 5) is 23.6. The highest BCUT2D eigenvalue weighted by molar-refractivity contribution is 6.30. The number of ether oxygens (including phenoxy) is 2. The number of non-ortho nitro benzene ring substituents is 1. The first-order valence-corrected chi connectivity index (χ1v) is 9.93. The highest BCUT2D eigenvalue weighted by Gasteiger charge is 2.55. The minimum atomic E-state index is -0.587. The van der Waals surface area contributed by atoms with Gasteiger partial charge >= 0.3 is 5.97 Å². The van der Waals surface area contributed by atoms with Crippen molar-refractivity contribution in [3.8, 4) is 5.75 Å². The second-order valence-electron chi connectivity index (χ2n) is 7.44. The zero-order chi connectivity index (χ0) is 20.4. The zero-order valence-electron chi connectivity index (χ0n) is 15.7. The van der Waals surface area contributed by atoms with Crippen LogP contribution >= 0.6 is 11.6 Å². The molecule has 2 aromatic rings. The molecular weight excluding hydrogens is 396 g/mol. The number of hydrogen-bond acceptors (Lipinski definition) is 6. The number of esters is 1. The first-order valence-electron chi connectivity index (χ1n) is 9.55. The van der Waals surface area contributed by atoms with E-state index in [9.17, 15) is 14.9 Å². The summed E-state index contributed by atoms with van der Waals surface area (Å²) in [6.45, 7) is 1.95. The standard InChI is InChI=1S/C21H21ClN2O5/c22-15-3-1-2-14(12-15)18-13-28-21(8-10-23-11-9-21)19(18)20(25)29-17-6-4-16(5-7-17)24(26)27/h1-7,12,18-19,23H,8-11,13H2. The molecule has 2 fully saturated rings. The topological polar surface area (TPSA) is 90.7 Å². The molecule has 2 aliphatic heterocycles. The summed E-state index contributed by atoms with van der Waals surface area (Å²) < 4.78 is 11.9. The van der Waals surface area contributed by atoms with E-state index >= 15 is 0 Å². The summed E-state index contributed by atoms with van der Waals surface area (Å²) in [5.41, 5.74) is 0.301. The minimum absolute atomic E-state index is 0.0550. The van der Waals surface area contributed by atoms with Crippen LogP contribution in [-0.4, -0.2) is 36.2 Å². The van der Waals surface area contributed by atoms with Gasteiger partial charge in [-0.3, -0.25) is 14.9 Å². The van der Waals surface area contributed by atoms with Gasteiger partial charge in [0, 0.05) is 23.1 Å². The fraction of sp³-hybridized carbons (Fsp3) is 0.381. The fourth-order valence-corrected chi connectivity index (χ4v) is 4.53. The average Bonchev–Trinajstić information content (AvgIpc) is 3.07. The van der Waals surface area contributed by atoms with E-state index in [1.165, 1.54) is 24.3 Å². The molecule has 7 nitrogen and oxygen atoms in total. The van der Waals surface area contributed by atoms with Crippen molar-refractivity contribution in [3.05, 3.63) is 69.2 Å². The van der Waals surface area contributed by atoms with Gasteiger partial charge in [0.05, 0.1) is 23.0 Å². The molecule has 2 unspecified atom stereocenters. The van der Waals surface area contributed by atoms with Gasteiger partial charge < -0.3 is 14.8 Å². The molecule has 0 amide bonds. The fourth-order valence-electron chi connectivity index (χ4n) is 4.33. The Kier molecular flexibility index (Phi) is 5.54. The van der Waals surface area contributed by atoms with Gasteiger partial charge in [-0.1, -0.05) is 23.7 Å². The highest BCUT2D eigenvalue weighted by atomic mass is 35.5. The Morgan fingerprint density at radius 3 is 2.59 bits per heavy atom. The van der Waals surface area contributed by atoms with Gasteiger partial charge in [0.2, 0.25) is 0 Å². The lowest BCUT2D eigenvalue weighted by molar-refractivity contribution is -0.384. The third-order valence-corrected chi connectivity index (χ3v) is 6.00. The highest BCUT2D eigenvalue weighted by Crippen LogP contribution is 2.47. The van der Waals surface area contributed by atoms with E-state index in [1.54, 1.807) is 6.07 Å². The number of nitrogens with zero attached hydrogens (tertiary/aromatic N) is 1. The summed E-state index contributed by atoms with van der Waals surface area (Å²) in [5.74, 6) is -0.764. The van der Waals surface area contributed by atoms with Crippen molar-refractivity contribution >= 4 is 23.3 Å². The van der Waals surface area contributed by atoms with Crippen molar-refractivity contribution in [2.45, 2.75) is 24.4 Å². The van der Waals surface area contributed by atoms with Gasteiger partial charge in [0.1, 0.15) is 5.75 Å². The lowest BCUT2D eigenvalue weighted by Gasteiger charge is -2.37. The van der Waals surface area contributed by atoms with Gasteiger partial charge in [-0.05, 0) is 55.8 Å². The Morgan fingerprint density at radius 1 is 1.21 bits per heavy atom. The maximum Gasteiger partial charge on any atom is 0.317 e. The number of nitro groups is 1. The van der Waals surface area contributed by atoms with Crippen molar-refractivity contribution in [3.63, 3.8) is 0 Å². The van der Waals surface area contributed by atoms with Gasteiger partial charge in [-0.2, -0.15) is 0 Å². The van der Waals surface area contributed by atoms with Gasteiger partial charge in [-0.15, -0.1) is 0 Å². The lowest BCUT2D eigenvalue weighted by Crippen LogP contribution is -2.50. The normalized spacial score (nSPS) is 23.1. The Hall–Kier alpha value is -2.48. The number of nitrogens with one attached hydrogen (secondary N) is 1. The third-order valence-electron chi connectivity index (χ3n) is 5.77. The molecule has 2 heterocycles. The second kappa shape index (κ2) is 8.10. The Balaban J connectivity index is 1.62. The van der Waals surface area contributed by atoms with Gasteiger partial charge in [0.25, 0.3) is 5.69 Å². The predicted molar refractivity (Wildman–Crippen MR) is 107 cm³/mol. The van der Waals surface area contributed by atoms with E-state index in [4.69, 9.17) is 21.1 Å². The summed E-state index contributed by atoms with van der Waals surface area (Å²) >= 11 is 6.18. The third kappa shape index (κ3) is 3.99. The molecule has 152 valence electrons. The van der Waals surface area contributed by atoms with Crippen molar-refractivity contribution in [2.24, 2.45) is 5.92 Å². The number of benzene rings is 2. The van der Waals surface area contributed by atoms with Crippen LogP contribution in [0.2, 0.25) is 5.02 Å². The predicted octanol–water partition coefficient (Wildman–Crippen LogP) is 3.71. The Labute approximate surface area is 173 Å². The number of carbonyl (C=O) groups excluding carboxylic acids is 1. The van der Waals surface area contributed by atoms with Crippen molar-refractivity contribution < 1.29 is 19.2 Å². The quantitative estimate of drug-likeness (QED) is 0.353. The van der Waals surface area contributed by atoms with E-state index in [1.807, 2.05) is 18.2 Å². The van der Waals surface area contributed by atoms with Crippen LogP contribution in [0.15, 0.2) is 48.5 Å². The van der Waals surface area contributed by atoms with Crippen LogP contribution in [0, 0.1) is 16.0 Å². The van der Waals surface area contributed by atoms with Crippen molar-refractivity contribution in [2.75, 3.05) is 19.7 Å². The van der Waals surface area contributed by atoms with E-state index in [-0.39, 0.29) is 23.3 Å². The number of halogens is 1. The van der Waals surface area contributed by atoms with Gasteiger partial charge in [-0.25, -0.2) is 0 Å². The molecule has 1 N–H and O–H groups in total. The molecule has 4 rings (SSSR count). The maximum atomic E-state index is 13.3. The molecule has 2 atom stereocenters. The summed E-state index contributed by atoms with van der Waals surface area (Å²) in [7, 11) is 0. The number of hydrogen-bond donors (Lipinski definition) is 1. The first kappa shape index (κ1) is 19.8. The molecule has 8 heteroatoms. The molecular formula is C21H21ClN2O5. The Bertz CT molecular complexity index is 912. The molecule has 2 saturated heterocycles. The minimum Gasteiger partial charge on any atom is -0.426 e. The zero-order valence-corrected chi connectivity index (χ0v) is 16.4. The van der Waals surface area contributed by atoms with Crippen LogP contribution in [0.1, 0.15) is 24.3 Å². The van der Waals surface area contributed by atoms with Crippen LogP contribution in [-0.2, 0) is 9.53 Å². The molecule has 29 heavy (non-hydrogen) atoms. The average molecular weight is 417 g/mol. The van der Waals surface area contributed by atoms with E-state index in [0.29, 0.717) is 24.5 Å². The molecule has 2 aliphatic rings. The van der Waals surface area contributed by atoms with E-state index < -0.39 is 16.4 Å². The largest absolute Gasteiger partial charge is 0.426 e. The number of piperidine rings is 1. The molecule has 0 aliphatic carbocycles. The van der Waals surface area contributed by atoms with Gasteiger partial charge in [0.15, 0.2) is 0 Å². The number of rotatable bonds is 4. The summed E-state index contributed by atoms with van der Waals surface area (Å²) in [6, 6.07) is 13.0. The number of carbonyl (C=O) groups is 1. The van der Waals surface area contributed by atoms with E-state index in [0.717, 1.165) is 18.7 Å². The smallest absolute Gasteiger partial charge is 0.317 e. The first-order chi connectivity index (χ1) is 14.0. The SMILES string of the molecule is O=C(Oc1ccc([N+](=O)[O-])cc1)C1C(c2cccc(Cl)c2)COC12CCNCC2. The lowest BCUT2D eigenvalue weighted by atomic mass is 9.73.